The highest BCUT2D eigenvalue weighted by Crippen LogP contribution is 2.26. The van der Waals surface area contributed by atoms with Gasteiger partial charge < -0.3 is 0 Å². The van der Waals surface area contributed by atoms with Crippen molar-refractivity contribution in [3.63, 3.8) is 0 Å². The van der Waals surface area contributed by atoms with Crippen molar-refractivity contribution < 1.29 is 0 Å². The Morgan fingerprint density at radius 3 is 2.50 bits per heavy atom. The molecule has 0 spiro atoms. The molecule has 0 saturated heterocycles. The number of rotatable bonds is 0. The van der Waals surface area contributed by atoms with Gasteiger partial charge in [0.2, 0.25) is 0 Å². The van der Waals surface area contributed by atoms with Crippen LogP contribution in [0.3, 0.4) is 0 Å². The average molecular weight is 156 g/mol. The van der Waals surface area contributed by atoms with Crippen molar-refractivity contribution in [3.8, 4) is 0 Å². The van der Waals surface area contributed by atoms with Crippen molar-refractivity contribution in [2.24, 2.45) is 10.5 Å². The van der Waals surface area contributed by atoms with Crippen LogP contribution in [-0.4, -0.2) is 5.55 Å². The van der Waals surface area contributed by atoms with Gasteiger partial charge in [-0.25, -0.2) is 0 Å². The molecule has 0 aromatic rings. The molecule has 1 heterocycles. The van der Waals surface area contributed by atoms with E-state index in [2.05, 4.69) is 36.7 Å². The van der Waals surface area contributed by atoms with E-state index in [0.717, 1.165) is 0 Å². The van der Waals surface area contributed by atoms with Crippen LogP contribution in [0.4, 0.5) is 0 Å². The topological polar surface area (TPSA) is 24.4 Å². The highest BCUT2D eigenvalue weighted by molar-refractivity contribution is 8.14. The molecule has 0 aliphatic carbocycles. The molecule has 0 radical (unpaired) electrons. The van der Waals surface area contributed by atoms with E-state index in [1.165, 1.54) is 5.70 Å². The second-order valence-corrected chi connectivity index (χ2v) is 3.98. The van der Waals surface area contributed by atoms with Crippen molar-refractivity contribution in [1.82, 2.24) is 5.43 Å². The molecule has 0 aromatic heterocycles. The molecule has 2 nitrogen and oxygen atoms in total. The monoisotopic (exact) mass is 156 g/mol. The normalized spacial score (nSPS) is 18.1. The lowest BCUT2D eigenvalue weighted by Gasteiger charge is -2.23. The fourth-order valence-corrected chi connectivity index (χ4v) is 1.31. The molecule has 0 atom stereocenters. The van der Waals surface area contributed by atoms with Gasteiger partial charge in [0.15, 0.2) is 0 Å². The van der Waals surface area contributed by atoms with Crippen LogP contribution in [0.5, 0.6) is 0 Å². The van der Waals surface area contributed by atoms with Gasteiger partial charge >= 0.3 is 0 Å². The number of nitrogens with zero attached hydrogens (tertiary/aromatic N) is 1. The first-order valence-electron chi connectivity index (χ1n) is 3.24. The largest absolute Gasteiger partial charge is 0.281 e. The number of nitrogens with one attached hydrogen (secondary N) is 1. The first-order valence-corrected chi connectivity index (χ1v) is 4.18. The quantitative estimate of drug-likeness (QED) is 0.581. The number of hydrogen-bond donors (Lipinski definition) is 1. The Morgan fingerprint density at radius 2 is 2.20 bits per heavy atom. The molecule has 0 aromatic carbocycles. The highest BCUT2D eigenvalue weighted by Gasteiger charge is 2.17. The third-order valence-electron chi connectivity index (χ3n) is 1.29. The van der Waals surface area contributed by atoms with Gasteiger partial charge in [0.05, 0.1) is 5.55 Å². The molecular formula is C7H12N2S. The van der Waals surface area contributed by atoms with Crippen molar-refractivity contribution >= 4 is 17.3 Å². The summed E-state index contributed by atoms with van der Waals surface area (Å²) in [5, 5.41) is 6.03. The zero-order valence-corrected chi connectivity index (χ0v) is 7.33. The van der Waals surface area contributed by atoms with Crippen molar-refractivity contribution in [2.75, 3.05) is 0 Å². The Labute approximate surface area is 65.8 Å². The first-order chi connectivity index (χ1) is 4.61. The predicted octanol–water partition coefficient (Wildman–Crippen LogP) is 2.15. The Morgan fingerprint density at radius 1 is 1.50 bits per heavy atom. The van der Waals surface area contributed by atoms with Crippen LogP contribution < -0.4 is 5.43 Å². The van der Waals surface area contributed by atoms with Crippen LogP contribution in [0.2, 0.25) is 0 Å². The summed E-state index contributed by atoms with van der Waals surface area (Å²) >= 11 is 1.61. The van der Waals surface area contributed by atoms with Crippen molar-refractivity contribution in [2.45, 2.75) is 20.8 Å². The van der Waals surface area contributed by atoms with E-state index in [1.807, 2.05) is 0 Å². The van der Waals surface area contributed by atoms with Gasteiger partial charge in [-0.1, -0.05) is 32.5 Å². The standard InChI is InChI=1S/C7H12N2S/c1-7(2,3)6-4-10-5-8-9-6/h4-5,9H,1-3H3. The summed E-state index contributed by atoms with van der Waals surface area (Å²) in [6.07, 6.45) is 0. The number of hydrogen-bond acceptors (Lipinski definition) is 3. The fraction of sp³-hybridized carbons (Fsp3) is 0.571. The van der Waals surface area contributed by atoms with Crippen LogP contribution in [0.25, 0.3) is 0 Å². The van der Waals surface area contributed by atoms with Gasteiger partial charge in [0.25, 0.3) is 0 Å². The highest BCUT2D eigenvalue weighted by atomic mass is 32.2. The summed E-state index contributed by atoms with van der Waals surface area (Å²) in [5.41, 5.74) is 6.12. The summed E-state index contributed by atoms with van der Waals surface area (Å²) in [5.74, 6) is 0. The third-order valence-corrected chi connectivity index (χ3v) is 1.89. The van der Waals surface area contributed by atoms with Gasteiger partial charge in [-0.2, -0.15) is 5.10 Å². The van der Waals surface area contributed by atoms with Gasteiger partial charge in [-0.3, -0.25) is 5.43 Å². The number of hydrazone groups is 1. The van der Waals surface area contributed by atoms with E-state index >= 15 is 0 Å². The van der Waals surface area contributed by atoms with Gasteiger partial charge in [-0.05, 0) is 5.41 Å². The Hall–Kier alpha value is -0.440. The van der Waals surface area contributed by atoms with E-state index in [0.29, 0.717) is 0 Å². The second-order valence-electron chi connectivity index (χ2n) is 3.26. The third kappa shape index (κ3) is 1.77. The summed E-state index contributed by atoms with van der Waals surface area (Å²) in [6, 6.07) is 0. The smallest absolute Gasteiger partial charge is 0.0844 e. The van der Waals surface area contributed by atoms with E-state index in [1.54, 1.807) is 17.3 Å². The lowest BCUT2D eigenvalue weighted by atomic mass is 9.93. The minimum absolute atomic E-state index is 0.185. The zero-order chi connectivity index (χ0) is 7.61. The maximum Gasteiger partial charge on any atom is 0.0844 e. The molecule has 3 heteroatoms. The Kier molecular flexibility index (Phi) is 2.04. The second kappa shape index (κ2) is 2.66. The molecule has 0 bridgehead atoms. The van der Waals surface area contributed by atoms with Crippen LogP contribution in [0, 0.1) is 5.41 Å². The Bertz CT molecular complexity index is 177. The van der Waals surface area contributed by atoms with E-state index in [9.17, 15) is 0 Å². The summed E-state index contributed by atoms with van der Waals surface area (Å²) in [4.78, 5) is 0. The lowest BCUT2D eigenvalue weighted by molar-refractivity contribution is 0.466. The lowest BCUT2D eigenvalue weighted by Crippen LogP contribution is -2.21. The van der Waals surface area contributed by atoms with E-state index < -0.39 is 0 Å². The van der Waals surface area contributed by atoms with Gasteiger partial charge in [0.1, 0.15) is 0 Å². The summed E-state index contributed by atoms with van der Waals surface area (Å²) in [6.45, 7) is 6.48. The van der Waals surface area contributed by atoms with Crippen molar-refractivity contribution in [3.05, 3.63) is 11.1 Å². The molecule has 10 heavy (non-hydrogen) atoms. The first kappa shape index (κ1) is 7.66. The van der Waals surface area contributed by atoms with Crippen LogP contribution in [0.15, 0.2) is 16.2 Å². The van der Waals surface area contributed by atoms with Gasteiger partial charge in [0, 0.05) is 11.1 Å². The molecule has 0 amide bonds. The minimum atomic E-state index is 0.185. The van der Waals surface area contributed by atoms with Crippen LogP contribution in [0.1, 0.15) is 20.8 Å². The molecule has 1 aliphatic heterocycles. The maximum atomic E-state index is 3.94. The number of thioether (sulfide) groups is 1. The molecule has 1 rings (SSSR count). The molecule has 1 N–H and O–H groups in total. The van der Waals surface area contributed by atoms with Crippen LogP contribution >= 0.6 is 11.8 Å². The summed E-state index contributed by atoms with van der Waals surface area (Å²) in [7, 11) is 0. The van der Waals surface area contributed by atoms with Crippen molar-refractivity contribution in [1.29, 1.82) is 0 Å². The maximum absolute atomic E-state index is 3.94. The molecular weight excluding hydrogens is 144 g/mol. The predicted molar refractivity (Wildman–Crippen MR) is 46.8 cm³/mol. The molecule has 0 fully saturated rings. The van der Waals surface area contributed by atoms with E-state index in [4.69, 9.17) is 0 Å². The van der Waals surface area contributed by atoms with E-state index in [-0.39, 0.29) is 5.41 Å². The fourth-order valence-electron chi connectivity index (χ4n) is 0.596. The van der Waals surface area contributed by atoms with Crippen LogP contribution in [-0.2, 0) is 0 Å². The average Bonchev–Trinajstić information content (AvgIpc) is 1.88. The molecule has 1 aliphatic rings. The molecule has 0 saturated carbocycles. The number of allylic oxidation sites excluding steroid dienone is 1. The minimum Gasteiger partial charge on any atom is -0.281 e. The molecule has 56 valence electrons. The Balaban J connectivity index is 2.65. The molecule has 0 unspecified atom stereocenters. The SMILES string of the molecule is CC(C)(C)C1=CSC=NN1. The van der Waals surface area contributed by atoms with Gasteiger partial charge in [-0.15, -0.1) is 0 Å². The summed E-state index contributed by atoms with van der Waals surface area (Å²) < 4.78 is 0. The zero-order valence-electron chi connectivity index (χ0n) is 6.51.